The van der Waals surface area contributed by atoms with Gasteiger partial charge in [0.25, 0.3) is 0 Å². The van der Waals surface area contributed by atoms with Gasteiger partial charge in [0.15, 0.2) is 0 Å². The predicted molar refractivity (Wildman–Crippen MR) is 212 cm³/mol. The van der Waals surface area contributed by atoms with E-state index in [1.54, 1.807) is 9.80 Å². The van der Waals surface area contributed by atoms with Crippen molar-refractivity contribution in [2.45, 2.75) is 24.4 Å². The van der Waals surface area contributed by atoms with Crippen LogP contribution in [0.25, 0.3) is 0 Å². The standard InChI is InChI=1S/C36H66N8O18/c45-24-27(29(49)25-46)42-8-7-38(19-32(53)54)3-6-41(21-34(57)58)11-15-44(16-12-42,23-36(61)62)43(22-35(59)60)13-9-39(17-28(48)30(50)26-47)4-1-37(18-31(51)52)2-5-40(10-14-43)20-33(55)56/h27-30,45-50H,1-26H2,(H4-2,51,52,53,54,55,56,57,58,59,60,61,62)/p+2. The van der Waals surface area contributed by atoms with Gasteiger partial charge in [-0.2, -0.15) is 9.18 Å². The molecule has 0 radical (unpaired) electrons. The van der Waals surface area contributed by atoms with Crippen molar-refractivity contribution < 1.29 is 99.2 Å². The van der Waals surface area contributed by atoms with Crippen LogP contribution in [0.2, 0.25) is 0 Å². The average molecular weight is 901 g/mol. The van der Waals surface area contributed by atoms with Crippen LogP contribution in [0, 0.1) is 0 Å². The first-order chi connectivity index (χ1) is 29.2. The monoisotopic (exact) mass is 900 g/mol. The van der Waals surface area contributed by atoms with E-state index in [1.807, 2.05) is 0 Å². The first kappa shape index (κ1) is 54.4. The zero-order chi connectivity index (χ0) is 46.6. The molecule has 0 aromatic rings. The lowest BCUT2D eigenvalue weighted by Crippen LogP contribution is -2.79. The van der Waals surface area contributed by atoms with Gasteiger partial charge in [-0.05, 0) is 0 Å². The van der Waals surface area contributed by atoms with Gasteiger partial charge in [0.2, 0.25) is 13.1 Å². The maximum absolute atomic E-state index is 13.2. The third-order valence-corrected chi connectivity index (χ3v) is 11.8. The summed E-state index contributed by atoms with van der Waals surface area (Å²) in [7, 11) is 0. The van der Waals surface area contributed by atoms with E-state index in [0.717, 1.165) is 0 Å². The first-order valence-electron chi connectivity index (χ1n) is 20.4. The van der Waals surface area contributed by atoms with Crippen molar-refractivity contribution in [2.24, 2.45) is 0 Å². The molecule has 26 nitrogen and oxygen atoms in total. The largest absolute Gasteiger partial charge is 0.480 e. The van der Waals surface area contributed by atoms with Crippen LogP contribution in [0.1, 0.15) is 0 Å². The molecule has 2 rings (SSSR count). The van der Waals surface area contributed by atoms with Gasteiger partial charge in [-0.3, -0.25) is 48.6 Å². The third-order valence-electron chi connectivity index (χ3n) is 11.8. The van der Waals surface area contributed by atoms with Gasteiger partial charge in [-0.1, -0.05) is 0 Å². The van der Waals surface area contributed by atoms with E-state index >= 15 is 0 Å². The smallest absolute Gasteiger partial charge is 0.364 e. The fraction of sp³-hybridized carbons (Fsp3) is 0.833. The molecular weight excluding hydrogens is 832 g/mol. The maximum atomic E-state index is 13.2. The fourth-order valence-corrected chi connectivity index (χ4v) is 8.30. The number of carboxylic acids is 6. The summed E-state index contributed by atoms with van der Waals surface area (Å²) in [6.07, 6.45) is -4.66. The van der Waals surface area contributed by atoms with Crippen molar-refractivity contribution in [3.8, 4) is 0 Å². The maximum Gasteiger partial charge on any atom is 0.364 e. The molecule has 6 unspecified atom stereocenters. The van der Waals surface area contributed by atoms with Crippen molar-refractivity contribution in [3.63, 3.8) is 0 Å². The van der Waals surface area contributed by atoms with E-state index in [-0.39, 0.29) is 111 Å². The minimum Gasteiger partial charge on any atom is -0.480 e. The van der Waals surface area contributed by atoms with Crippen molar-refractivity contribution in [2.75, 3.05) is 170 Å². The second-order valence-corrected chi connectivity index (χ2v) is 16.0. The molecule has 2 aliphatic rings. The third kappa shape index (κ3) is 18.2. The number of quaternary nitrogens is 2. The van der Waals surface area contributed by atoms with Crippen LogP contribution in [0.5, 0.6) is 0 Å². The Morgan fingerprint density at radius 3 is 1.05 bits per heavy atom. The number of β-amino-alcohol motifs (C(OH)–C–C–N with tert-alkyl or cyclic N) is 1. The van der Waals surface area contributed by atoms with Crippen molar-refractivity contribution in [1.29, 1.82) is 0 Å². The fourth-order valence-electron chi connectivity index (χ4n) is 8.30. The van der Waals surface area contributed by atoms with Crippen LogP contribution in [0.3, 0.4) is 0 Å². The lowest BCUT2D eigenvalue weighted by atomic mass is 10.1. The van der Waals surface area contributed by atoms with Crippen LogP contribution in [-0.4, -0.2) is 330 Å². The molecule has 12 N–H and O–H groups in total. The SMILES string of the molecule is O=C(O)CN1CCN(CC(=O)O)CC[N+](CC(=O)O)([N+]2(CC(=O)O)CCN(CC(=O)O)CCN(CC(=O)O)CCN(C(CO)C(O)CO)CC2)CCN(CC(O)C(O)CO)CC1. The Labute approximate surface area is 358 Å². The van der Waals surface area contributed by atoms with Crippen LogP contribution in [0.15, 0.2) is 0 Å². The van der Waals surface area contributed by atoms with Gasteiger partial charge >= 0.3 is 35.8 Å². The summed E-state index contributed by atoms with van der Waals surface area (Å²) in [6, 6.07) is -1.17. The molecule has 2 saturated heterocycles. The van der Waals surface area contributed by atoms with Gasteiger partial charge in [0.05, 0.1) is 90.4 Å². The molecule has 2 heterocycles. The number of rotatable bonds is 21. The molecule has 0 aromatic heterocycles. The summed E-state index contributed by atoms with van der Waals surface area (Å²) in [5, 5.41) is 122. The summed E-state index contributed by atoms with van der Waals surface area (Å²) in [4.78, 5) is 83.5. The van der Waals surface area contributed by atoms with Crippen LogP contribution in [0.4, 0.5) is 0 Å². The number of aliphatic hydroxyl groups is 6. The van der Waals surface area contributed by atoms with E-state index < -0.39 is 128 Å². The second kappa shape index (κ2) is 26.8. The average Bonchev–Trinajstić information content (AvgIpc) is 3.18. The summed E-state index contributed by atoms with van der Waals surface area (Å²) in [5.41, 5.74) is 0. The molecule has 2 aliphatic heterocycles. The topological polar surface area (TPSA) is 365 Å². The number of aliphatic carboxylic acids is 6. The molecule has 0 bridgehead atoms. The Hall–Kier alpha value is -3.74. The van der Waals surface area contributed by atoms with Gasteiger partial charge in [0.1, 0.15) is 32.3 Å². The highest BCUT2D eigenvalue weighted by atomic mass is 16.4. The highest BCUT2D eigenvalue weighted by molar-refractivity contribution is 5.70. The normalized spacial score (nSPS) is 25.5. The number of carboxylic acid groups (broad SMARTS) is 6. The molecule has 0 spiro atoms. The van der Waals surface area contributed by atoms with E-state index in [0.29, 0.717) is 0 Å². The molecular formula is C36H68N8O18+2. The van der Waals surface area contributed by atoms with Gasteiger partial charge < -0.3 is 61.3 Å². The minimum atomic E-state index is -1.60. The quantitative estimate of drug-likeness (QED) is 0.0476. The van der Waals surface area contributed by atoms with Gasteiger partial charge in [0, 0.05) is 58.9 Å². The first-order valence-corrected chi connectivity index (χ1v) is 20.4. The molecule has 2 fully saturated rings. The number of hydrogen-bond donors (Lipinski definition) is 12. The Morgan fingerprint density at radius 1 is 0.387 bits per heavy atom. The Morgan fingerprint density at radius 2 is 0.710 bits per heavy atom. The van der Waals surface area contributed by atoms with Crippen molar-refractivity contribution >= 4 is 35.8 Å². The molecule has 0 amide bonds. The lowest BCUT2D eigenvalue weighted by Gasteiger charge is -2.54. The summed E-state index contributed by atoms with van der Waals surface area (Å²) in [5.74, 6) is -7.65. The van der Waals surface area contributed by atoms with Crippen molar-refractivity contribution in [3.05, 3.63) is 0 Å². The lowest BCUT2D eigenvalue weighted by molar-refractivity contribution is -1.49. The molecule has 358 valence electrons. The van der Waals surface area contributed by atoms with Crippen LogP contribution in [-0.2, 0) is 28.8 Å². The number of hydrogen-bond acceptors (Lipinski definition) is 18. The van der Waals surface area contributed by atoms with E-state index in [2.05, 4.69) is 0 Å². The van der Waals surface area contributed by atoms with Gasteiger partial charge in [-0.25, -0.2) is 9.59 Å². The van der Waals surface area contributed by atoms with E-state index in [9.17, 15) is 90.0 Å². The molecule has 0 saturated carbocycles. The number of carbonyl (C=O) groups is 6. The highest BCUT2D eigenvalue weighted by Crippen LogP contribution is 2.27. The minimum absolute atomic E-state index is 0.00403. The Bertz CT molecular complexity index is 1450. The zero-order valence-electron chi connectivity index (χ0n) is 35.1. The van der Waals surface area contributed by atoms with E-state index in [1.165, 1.54) is 19.6 Å². The van der Waals surface area contributed by atoms with Crippen molar-refractivity contribution in [1.82, 2.24) is 29.4 Å². The van der Waals surface area contributed by atoms with Crippen LogP contribution >= 0.6 is 0 Å². The zero-order valence-corrected chi connectivity index (χ0v) is 35.1. The Balaban J connectivity index is 2.98. The predicted octanol–water partition coefficient (Wildman–Crippen LogP) is -7.69. The molecule has 0 aliphatic carbocycles. The molecule has 62 heavy (non-hydrogen) atoms. The van der Waals surface area contributed by atoms with Gasteiger partial charge in [-0.15, -0.1) is 0 Å². The molecule has 6 atom stereocenters. The highest BCUT2D eigenvalue weighted by Gasteiger charge is 2.54. The summed E-state index contributed by atoms with van der Waals surface area (Å²) < 4.78 is -1.26. The van der Waals surface area contributed by atoms with Crippen LogP contribution < -0.4 is 0 Å². The Kier molecular flexibility index (Phi) is 23.5. The second-order valence-electron chi connectivity index (χ2n) is 16.0. The molecule has 26 heteroatoms. The number of nitrogens with zero attached hydrogens (tertiary/aromatic N) is 8. The summed E-state index contributed by atoms with van der Waals surface area (Å²) >= 11 is 0. The number of aliphatic hydroxyl groups excluding tert-OH is 6. The van der Waals surface area contributed by atoms with E-state index in [4.69, 9.17) is 0 Å². The molecule has 0 aromatic carbocycles. The summed E-state index contributed by atoms with van der Waals surface area (Å²) in [6.45, 7) is -7.86.